The maximum atomic E-state index is 14.1. The van der Waals surface area contributed by atoms with E-state index >= 15 is 0 Å². The molecule has 44 heavy (non-hydrogen) atoms. The minimum atomic E-state index is -0.637. The third-order valence-corrected chi connectivity index (χ3v) is 9.52. The second-order valence-electron chi connectivity index (χ2n) is 10.8. The van der Waals surface area contributed by atoms with Gasteiger partial charge in [0, 0.05) is 0 Å². The lowest BCUT2D eigenvalue weighted by atomic mass is 9.92. The summed E-state index contributed by atoms with van der Waals surface area (Å²) in [5.74, 6) is 0.599. The lowest BCUT2D eigenvalue weighted by Gasteiger charge is -2.26. The molecule has 0 spiro atoms. The van der Waals surface area contributed by atoms with E-state index in [1.54, 1.807) is 11.5 Å². The number of fused-ring (bicyclic) bond motifs is 1. The lowest BCUT2D eigenvalue weighted by molar-refractivity contribution is -0.139. The van der Waals surface area contributed by atoms with Gasteiger partial charge in [0.05, 0.1) is 37.4 Å². The first-order valence-corrected chi connectivity index (χ1v) is 17.1. The largest absolute Gasteiger partial charge is 0.487 e. The van der Waals surface area contributed by atoms with Gasteiger partial charge in [-0.25, -0.2) is 9.79 Å². The first-order chi connectivity index (χ1) is 21.2. The molecule has 1 aromatic heterocycles. The van der Waals surface area contributed by atoms with Crippen molar-refractivity contribution in [2.45, 2.75) is 59.1 Å². The van der Waals surface area contributed by atoms with Crippen LogP contribution in [0.2, 0.25) is 0 Å². The fraction of sp³-hybridized carbons (Fsp3) is 0.286. The summed E-state index contributed by atoms with van der Waals surface area (Å²) >= 11 is 8.62. The van der Waals surface area contributed by atoms with Crippen molar-refractivity contribution < 1.29 is 14.3 Å². The van der Waals surface area contributed by atoms with Crippen LogP contribution in [-0.4, -0.2) is 17.1 Å². The van der Waals surface area contributed by atoms with E-state index in [4.69, 9.17) is 14.5 Å². The highest BCUT2D eigenvalue weighted by Crippen LogP contribution is 2.36. The van der Waals surface area contributed by atoms with Crippen LogP contribution in [-0.2, 0) is 16.1 Å². The molecule has 3 aromatic carbocycles. The number of carbonyl (C=O) groups excluding carboxylic acids is 1. The number of benzene rings is 3. The predicted molar refractivity (Wildman–Crippen MR) is 183 cm³/mol. The Bertz CT molecular complexity index is 1850. The van der Waals surface area contributed by atoms with Gasteiger partial charge in [-0.05, 0) is 91.6 Å². The number of ether oxygens (including phenoxy) is 2. The third-order valence-electron chi connectivity index (χ3n) is 7.36. The van der Waals surface area contributed by atoms with Gasteiger partial charge < -0.3 is 9.47 Å². The number of allylic oxidation sites excluding steroid dienone is 1. The molecule has 1 aliphatic rings. The highest BCUT2D eigenvalue weighted by atomic mass is 79.9. The molecule has 228 valence electrons. The molecule has 2 heterocycles. The van der Waals surface area contributed by atoms with E-state index in [1.807, 2.05) is 60.7 Å². The minimum absolute atomic E-state index is 0.208. The standard InChI is InChI=1S/C35H34Br2N2O4S/c1-5-10-28-30(34(41)42-6-2)31(25-15-13-24(14-16-25)21(3)4)39-33(40)29(44-35(39)38-28)19-23-17-26(36)32(27(37)18-23)43-20-22-11-8-7-9-12-22/h7-9,11-19,21,31H,5-6,10,20H2,1-4H3/b29-19-/t31-/m0/s1. The summed E-state index contributed by atoms with van der Waals surface area (Å²) < 4.78 is 15.3. The number of thiazole rings is 1. The van der Waals surface area contributed by atoms with Crippen molar-refractivity contribution in [3.63, 3.8) is 0 Å². The maximum Gasteiger partial charge on any atom is 0.338 e. The molecule has 0 saturated carbocycles. The first-order valence-electron chi connectivity index (χ1n) is 14.7. The van der Waals surface area contributed by atoms with Crippen molar-refractivity contribution in [2.24, 2.45) is 4.99 Å². The van der Waals surface area contributed by atoms with Gasteiger partial charge in [0.15, 0.2) is 4.80 Å². The summed E-state index contributed by atoms with van der Waals surface area (Å²) in [5.41, 5.74) is 4.80. The Morgan fingerprint density at radius 2 is 1.73 bits per heavy atom. The van der Waals surface area contributed by atoms with Crippen molar-refractivity contribution in [3.8, 4) is 5.75 Å². The molecule has 0 amide bonds. The summed E-state index contributed by atoms with van der Waals surface area (Å²) in [6, 6.07) is 21.3. The van der Waals surface area contributed by atoms with Gasteiger partial charge >= 0.3 is 5.97 Å². The summed E-state index contributed by atoms with van der Waals surface area (Å²) in [6.45, 7) is 8.78. The Hall–Kier alpha value is -3.27. The van der Waals surface area contributed by atoms with Gasteiger partial charge in [0.2, 0.25) is 0 Å². The molecule has 1 aliphatic heterocycles. The van der Waals surface area contributed by atoms with Crippen molar-refractivity contribution in [3.05, 3.63) is 129 Å². The molecule has 0 radical (unpaired) electrons. The summed E-state index contributed by atoms with van der Waals surface area (Å²) in [5, 5.41) is 0. The molecule has 9 heteroatoms. The van der Waals surface area contributed by atoms with E-state index in [0.29, 0.717) is 45.3 Å². The highest BCUT2D eigenvalue weighted by Gasteiger charge is 2.34. The van der Waals surface area contributed by atoms with Crippen molar-refractivity contribution >= 4 is 55.2 Å². The van der Waals surface area contributed by atoms with Crippen LogP contribution >= 0.6 is 43.2 Å². The topological polar surface area (TPSA) is 69.9 Å². The number of halogens is 2. The molecule has 0 saturated heterocycles. The van der Waals surface area contributed by atoms with E-state index < -0.39 is 12.0 Å². The zero-order valence-corrected chi connectivity index (χ0v) is 29.1. The van der Waals surface area contributed by atoms with E-state index in [-0.39, 0.29) is 12.2 Å². The first kappa shape index (κ1) is 32.1. The lowest BCUT2D eigenvalue weighted by Crippen LogP contribution is -2.40. The SMILES string of the molecule is CCCC1=C(C(=O)OCC)[C@H](c2ccc(C(C)C)cc2)n2c(s/c(=C\c3cc(Br)c(OCc4ccccc4)c(Br)c3)c2=O)=N1. The molecule has 0 unspecified atom stereocenters. The molecule has 4 aromatic rings. The molecule has 0 aliphatic carbocycles. The van der Waals surface area contributed by atoms with E-state index in [2.05, 4.69) is 64.8 Å². The van der Waals surface area contributed by atoms with Gasteiger partial charge in [-0.3, -0.25) is 9.36 Å². The second kappa shape index (κ2) is 14.2. The Labute approximate surface area is 278 Å². The van der Waals surface area contributed by atoms with Gasteiger partial charge in [0.25, 0.3) is 5.56 Å². The quantitative estimate of drug-likeness (QED) is 0.156. The Kier molecular flexibility index (Phi) is 10.4. The maximum absolute atomic E-state index is 14.1. The smallest absolute Gasteiger partial charge is 0.338 e. The summed E-state index contributed by atoms with van der Waals surface area (Å²) in [7, 11) is 0. The fourth-order valence-electron chi connectivity index (χ4n) is 5.18. The second-order valence-corrected chi connectivity index (χ2v) is 13.5. The number of nitrogens with zero attached hydrogens (tertiary/aromatic N) is 2. The van der Waals surface area contributed by atoms with Gasteiger partial charge in [-0.2, -0.15) is 0 Å². The Morgan fingerprint density at radius 1 is 1.05 bits per heavy atom. The normalized spacial score (nSPS) is 14.9. The number of rotatable bonds is 10. The predicted octanol–water partition coefficient (Wildman–Crippen LogP) is 7.81. The van der Waals surface area contributed by atoms with Crippen LogP contribution in [0.4, 0.5) is 0 Å². The van der Waals surface area contributed by atoms with Gasteiger partial charge in [0.1, 0.15) is 12.4 Å². The minimum Gasteiger partial charge on any atom is -0.487 e. The Morgan fingerprint density at radius 3 is 2.34 bits per heavy atom. The zero-order chi connectivity index (χ0) is 31.4. The van der Waals surface area contributed by atoms with Crippen LogP contribution in [0.25, 0.3) is 6.08 Å². The average molecular weight is 739 g/mol. The van der Waals surface area contributed by atoms with Crippen LogP contribution in [0.3, 0.4) is 0 Å². The number of carbonyl (C=O) groups is 1. The molecule has 5 rings (SSSR count). The molecule has 0 fully saturated rings. The molecular formula is C35H34Br2N2O4S. The summed E-state index contributed by atoms with van der Waals surface area (Å²) in [6.07, 6.45) is 3.26. The molecule has 0 bridgehead atoms. The number of esters is 1. The van der Waals surface area contributed by atoms with Gasteiger partial charge in [-0.1, -0.05) is 93.1 Å². The number of aromatic nitrogens is 1. The third kappa shape index (κ3) is 6.85. The monoisotopic (exact) mass is 736 g/mol. The van der Waals surface area contributed by atoms with Crippen LogP contribution in [0.1, 0.15) is 74.8 Å². The van der Waals surface area contributed by atoms with Crippen LogP contribution in [0.15, 0.2) is 96.7 Å². The van der Waals surface area contributed by atoms with Crippen LogP contribution in [0.5, 0.6) is 5.75 Å². The van der Waals surface area contributed by atoms with Crippen molar-refractivity contribution in [2.75, 3.05) is 6.61 Å². The van der Waals surface area contributed by atoms with E-state index in [9.17, 15) is 9.59 Å². The highest BCUT2D eigenvalue weighted by molar-refractivity contribution is 9.11. The van der Waals surface area contributed by atoms with Gasteiger partial charge in [-0.15, -0.1) is 0 Å². The molecule has 6 nitrogen and oxygen atoms in total. The van der Waals surface area contributed by atoms with Crippen LogP contribution in [0, 0.1) is 0 Å². The fourth-order valence-corrected chi connectivity index (χ4v) is 7.65. The number of hydrogen-bond donors (Lipinski definition) is 0. The molecule has 1 atom stereocenters. The number of hydrogen-bond acceptors (Lipinski definition) is 6. The van der Waals surface area contributed by atoms with Crippen LogP contribution < -0.4 is 19.6 Å². The average Bonchev–Trinajstić information content (AvgIpc) is 3.30. The molecule has 0 N–H and O–H groups in total. The summed E-state index contributed by atoms with van der Waals surface area (Å²) in [4.78, 5) is 33.0. The van der Waals surface area contributed by atoms with E-state index in [0.717, 1.165) is 32.1 Å². The van der Waals surface area contributed by atoms with E-state index in [1.165, 1.54) is 16.9 Å². The zero-order valence-electron chi connectivity index (χ0n) is 25.1. The molecular weight excluding hydrogens is 704 g/mol. The Balaban J connectivity index is 1.60. The van der Waals surface area contributed by atoms with Crippen molar-refractivity contribution in [1.82, 2.24) is 4.57 Å². The van der Waals surface area contributed by atoms with Crippen molar-refractivity contribution in [1.29, 1.82) is 0 Å².